The fourth-order valence-electron chi connectivity index (χ4n) is 4.32. The van der Waals surface area contributed by atoms with Crippen LogP contribution in [-0.4, -0.2) is 41.9 Å². The molecule has 3 atom stereocenters. The molecule has 0 aromatic heterocycles. The highest BCUT2D eigenvalue weighted by Gasteiger charge is 2.54. The molecule has 0 amide bonds. The number of ether oxygens (including phenoxy) is 1. The average molecular weight is 297 g/mol. The van der Waals surface area contributed by atoms with Gasteiger partial charge in [0.05, 0.1) is 6.10 Å². The van der Waals surface area contributed by atoms with Gasteiger partial charge in [-0.25, -0.2) is 4.39 Å². The molecule has 21 heavy (non-hydrogen) atoms. The van der Waals surface area contributed by atoms with Crippen molar-refractivity contribution in [3.05, 3.63) is 11.1 Å². The van der Waals surface area contributed by atoms with Crippen LogP contribution in [0.5, 0.6) is 0 Å². The molecule has 1 saturated heterocycles. The van der Waals surface area contributed by atoms with Gasteiger partial charge in [-0.05, 0) is 50.2 Å². The van der Waals surface area contributed by atoms with Crippen LogP contribution in [0.4, 0.5) is 4.39 Å². The third-order valence-corrected chi connectivity index (χ3v) is 5.19. The first kappa shape index (κ1) is 17.0. The van der Waals surface area contributed by atoms with Gasteiger partial charge in [-0.1, -0.05) is 27.7 Å². The van der Waals surface area contributed by atoms with E-state index < -0.39 is 11.8 Å². The van der Waals surface area contributed by atoms with Crippen LogP contribution < -0.4 is 0 Å². The molecular weight excluding hydrogens is 265 g/mol. The van der Waals surface area contributed by atoms with Gasteiger partial charge in [-0.2, -0.15) is 0 Å². The van der Waals surface area contributed by atoms with Crippen LogP contribution in [0.25, 0.3) is 0 Å². The maximum Gasteiger partial charge on any atom is 0.145 e. The lowest BCUT2D eigenvalue weighted by molar-refractivity contribution is -0.116. The summed E-state index contributed by atoms with van der Waals surface area (Å²) in [5.74, 6) is 0.767. The van der Waals surface area contributed by atoms with E-state index in [0.717, 1.165) is 13.0 Å². The molecule has 1 spiro atoms. The summed E-state index contributed by atoms with van der Waals surface area (Å²) in [6, 6.07) is 0.399. The average Bonchev–Trinajstić information content (AvgIpc) is 2.66. The van der Waals surface area contributed by atoms with Crippen molar-refractivity contribution >= 4 is 0 Å². The molecular formula is C18H32FNO. The number of likely N-dealkylation sites (tertiary alicyclic amines) is 1. The van der Waals surface area contributed by atoms with E-state index >= 15 is 4.39 Å². The van der Waals surface area contributed by atoms with E-state index in [1.165, 1.54) is 11.1 Å². The minimum absolute atomic E-state index is 0.0475. The first-order valence-corrected chi connectivity index (χ1v) is 8.51. The zero-order chi connectivity index (χ0) is 15.9. The molecule has 122 valence electrons. The van der Waals surface area contributed by atoms with Crippen LogP contribution in [0, 0.1) is 11.8 Å². The molecule has 2 aliphatic heterocycles. The molecule has 2 aliphatic rings. The van der Waals surface area contributed by atoms with E-state index in [2.05, 4.69) is 53.4 Å². The molecule has 0 bridgehead atoms. The molecule has 3 heteroatoms. The van der Waals surface area contributed by atoms with E-state index in [1.54, 1.807) is 0 Å². The Morgan fingerprint density at radius 2 is 1.76 bits per heavy atom. The van der Waals surface area contributed by atoms with Gasteiger partial charge in [0.15, 0.2) is 0 Å². The van der Waals surface area contributed by atoms with Gasteiger partial charge in [0.1, 0.15) is 11.8 Å². The predicted molar refractivity (Wildman–Crippen MR) is 86.2 cm³/mol. The maximum absolute atomic E-state index is 15.2. The smallest absolute Gasteiger partial charge is 0.145 e. The van der Waals surface area contributed by atoms with Crippen molar-refractivity contribution in [1.29, 1.82) is 0 Å². The van der Waals surface area contributed by atoms with Gasteiger partial charge in [-0.3, -0.25) is 4.90 Å². The zero-order valence-corrected chi connectivity index (χ0v) is 14.7. The van der Waals surface area contributed by atoms with Gasteiger partial charge >= 0.3 is 0 Å². The standard InChI is InChI=1S/C18H32FNO/c1-11(2)16-14(7)21-18(17(16)12(3)4)8-9-20(13(5)6)10-15(18)19/h11-15H,8-10H2,1-7H3/t14-,15+,18-/m1/s1. The lowest BCUT2D eigenvalue weighted by atomic mass is 9.75. The summed E-state index contributed by atoms with van der Waals surface area (Å²) in [6.07, 6.45) is -0.101. The lowest BCUT2D eigenvalue weighted by Crippen LogP contribution is -2.57. The number of hydrogen-bond donors (Lipinski definition) is 0. The van der Waals surface area contributed by atoms with E-state index in [1.807, 2.05) is 0 Å². The maximum atomic E-state index is 15.2. The normalized spacial score (nSPS) is 35.0. The molecule has 2 heterocycles. The highest BCUT2D eigenvalue weighted by molar-refractivity contribution is 5.37. The van der Waals surface area contributed by atoms with E-state index in [4.69, 9.17) is 4.74 Å². The molecule has 2 rings (SSSR count). The third-order valence-electron chi connectivity index (χ3n) is 5.19. The Morgan fingerprint density at radius 3 is 2.19 bits per heavy atom. The molecule has 0 aliphatic carbocycles. The van der Waals surface area contributed by atoms with Crippen LogP contribution >= 0.6 is 0 Å². The first-order chi connectivity index (χ1) is 9.70. The highest BCUT2D eigenvalue weighted by Crippen LogP contribution is 2.49. The topological polar surface area (TPSA) is 12.5 Å². The van der Waals surface area contributed by atoms with Crippen LogP contribution in [0.3, 0.4) is 0 Å². The van der Waals surface area contributed by atoms with Gasteiger partial charge < -0.3 is 4.74 Å². The summed E-state index contributed by atoms with van der Waals surface area (Å²) in [5, 5.41) is 0. The number of nitrogens with zero attached hydrogens (tertiary/aromatic N) is 1. The fourth-order valence-corrected chi connectivity index (χ4v) is 4.32. The van der Waals surface area contributed by atoms with Crippen LogP contribution in [0.2, 0.25) is 0 Å². The second-order valence-corrected chi connectivity index (χ2v) is 7.63. The quantitative estimate of drug-likeness (QED) is 0.724. The summed E-state index contributed by atoms with van der Waals surface area (Å²) >= 11 is 0. The number of hydrogen-bond acceptors (Lipinski definition) is 2. The molecule has 2 nitrogen and oxygen atoms in total. The Bertz CT molecular complexity index is 415. The second-order valence-electron chi connectivity index (χ2n) is 7.63. The summed E-state index contributed by atoms with van der Waals surface area (Å²) < 4.78 is 21.5. The van der Waals surface area contributed by atoms with Crippen molar-refractivity contribution in [3.63, 3.8) is 0 Å². The van der Waals surface area contributed by atoms with Crippen molar-refractivity contribution < 1.29 is 9.13 Å². The third kappa shape index (κ3) is 2.79. The minimum atomic E-state index is -0.926. The van der Waals surface area contributed by atoms with Crippen LogP contribution in [-0.2, 0) is 4.74 Å². The van der Waals surface area contributed by atoms with E-state index in [0.29, 0.717) is 24.4 Å². The number of alkyl halides is 1. The van der Waals surface area contributed by atoms with E-state index in [9.17, 15) is 0 Å². The molecule has 1 fully saturated rings. The van der Waals surface area contributed by atoms with Crippen molar-refractivity contribution in [2.45, 2.75) is 78.8 Å². The Balaban J connectivity index is 2.39. The molecule has 0 aromatic carbocycles. The monoisotopic (exact) mass is 297 g/mol. The summed E-state index contributed by atoms with van der Waals surface area (Å²) in [7, 11) is 0. The zero-order valence-electron chi connectivity index (χ0n) is 14.7. The Labute approximate surface area is 129 Å². The highest BCUT2D eigenvalue weighted by atomic mass is 19.1. The van der Waals surface area contributed by atoms with Crippen molar-refractivity contribution in [1.82, 2.24) is 4.90 Å². The fraction of sp³-hybridized carbons (Fsp3) is 0.889. The Kier molecular flexibility index (Phi) is 4.84. The SMILES string of the molecule is CC(C)C1=C(C(C)C)[C@]2(CCN(C(C)C)C[C@@H]2F)O[C@@H]1C. The lowest BCUT2D eigenvalue weighted by Gasteiger charge is -2.45. The molecule has 0 saturated carbocycles. The van der Waals surface area contributed by atoms with Crippen LogP contribution in [0.1, 0.15) is 54.9 Å². The number of rotatable bonds is 3. The summed E-state index contributed by atoms with van der Waals surface area (Å²) in [6.45, 7) is 16.6. The number of piperidine rings is 1. The predicted octanol–water partition coefficient (Wildman–Crippen LogP) is 4.20. The second kappa shape index (κ2) is 6.00. The van der Waals surface area contributed by atoms with Crippen molar-refractivity contribution in [2.24, 2.45) is 11.8 Å². The Hall–Kier alpha value is -0.410. The van der Waals surface area contributed by atoms with Crippen molar-refractivity contribution in [2.75, 3.05) is 13.1 Å². The minimum Gasteiger partial charge on any atom is -0.360 e. The summed E-state index contributed by atoms with van der Waals surface area (Å²) in [5.41, 5.74) is 1.92. The molecule has 0 N–H and O–H groups in total. The largest absolute Gasteiger partial charge is 0.360 e. The van der Waals surface area contributed by atoms with Crippen LogP contribution in [0.15, 0.2) is 11.1 Å². The molecule has 0 unspecified atom stereocenters. The van der Waals surface area contributed by atoms with Gasteiger partial charge in [-0.15, -0.1) is 0 Å². The van der Waals surface area contributed by atoms with E-state index in [-0.39, 0.29) is 6.10 Å². The van der Waals surface area contributed by atoms with Gasteiger partial charge in [0.2, 0.25) is 0 Å². The number of halogens is 1. The van der Waals surface area contributed by atoms with Gasteiger partial charge in [0.25, 0.3) is 0 Å². The Morgan fingerprint density at radius 1 is 1.14 bits per heavy atom. The van der Waals surface area contributed by atoms with Gasteiger partial charge in [0, 0.05) is 19.1 Å². The molecule has 0 aromatic rings. The van der Waals surface area contributed by atoms with Crippen molar-refractivity contribution in [3.8, 4) is 0 Å². The molecule has 0 radical (unpaired) electrons. The first-order valence-electron chi connectivity index (χ1n) is 8.51. The summed E-state index contributed by atoms with van der Waals surface area (Å²) in [4.78, 5) is 2.23.